The molecule has 3 rings (SSSR count). The molecular formula is C14H15N3O. The Morgan fingerprint density at radius 2 is 2.17 bits per heavy atom. The van der Waals surface area contributed by atoms with Crippen molar-refractivity contribution < 1.29 is 4.42 Å². The van der Waals surface area contributed by atoms with Crippen molar-refractivity contribution in [1.82, 2.24) is 10.2 Å². The molecule has 92 valence electrons. The number of aromatic nitrogens is 2. The van der Waals surface area contributed by atoms with Gasteiger partial charge in [0.15, 0.2) is 0 Å². The van der Waals surface area contributed by atoms with E-state index in [0.29, 0.717) is 6.54 Å². The number of rotatable bonds is 4. The largest absolute Gasteiger partial charge is 0.461 e. The number of hydrogen-bond donors (Lipinski definition) is 2. The van der Waals surface area contributed by atoms with Gasteiger partial charge >= 0.3 is 0 Å². The average molecular weight is 241 g/mol. The number of nitrogens with two attached hydrogens (primary N) is 1. The van der Waals surface area contributed by atoms with Crippen LogP contribution in [-0.2, 0) is 12.8 Å². The SMILES string of the molecule is NCCc1[nH]ncc1Cc1cc2ccccc2o1. The van der Waals surface area contributed by atoms with Crippen LogP contribution >= 0.6 is 0 Å². The van der Waals surface area contributed by atoms with Crippen LogP contribution in [-0.4, -0.2) is 16.7 Å². The van der Waals surface area contributed by atoms with E-state index in [1.165, 1.54) is 0 Å². The van der Waals surface area contributed by atoms with Crippen LogP contribution in [0.5, 0.6) is 0 Å². The topological polar surface area (TPSA) is 67.8 Å². The lowest BCUT2D eigenvalue weighted by Gasteiger charge is -1.98. The number of H-pyrrole nitrogens is 1. The Hall–Kier alpha value is -2.07. The lowest BCUT2D eigenvalue weighted by molar-refractivity contribution is 0.562. The van der Waals surface area contributed by atoms with Gasteiger partial charge in [0.2, 0.25) is 0 Å². The molecule has 0 aliphatic rings. The van der Waals surface area contributed by atoms with Crippen LogP contribution in [0.4, 0.5) is 0 Å². The Balaban J connectivity index is 1.89. The molecule has 0 saturated carbocycles. The second-order valence-electron chi connectivity index (χ2n) is 4.34. The normalized spacial score (nSPS) is 11.2. The number of nitrogens with zero attached hydrogens (tertiary/aromatic N) is 1. The van der Waals surface area contributed by atoms with Crippen LogP contribution in [0.25, 0.3) is 11.0 Å². The van der Waals surface area contributed by atoms with Gasteiger partial charge < -0.3 is 10.2 Å². The summed E-state index contributed by atoms with van der Waals surface area (Å²) >= 11 is 0. The first-order valence-electron chi connectivity index (χ1n) is 6.05. The van der Waals surface area contributed by atoms with Gasteiger partial charge in [0.05, 0.1) is 6.20 Å². The third-order valence-electron chi connectivity index (χ3n) is 3.04. The summed E-state index contributed by atoms with van der Waals surface area (Å²) in [5.74, 6) is 0.955. The van der Waals surface area contributed by atoms with Crippen molar-refractivity contribution in [2.24, 2.45) is 5.73 Å². The Morgan fingerprint density at radius 3 is 3.00 bits per heavy atom. The maximum atomic E-state index is 5.80. The zero-order valence-electron chi connectivity index (χ0n) is 10.0. The number of furan rings is 1. The molecule has 2 heterocycles. The van der Waals surface area contributed by atoms with Gasteiger partial charge in [-0.3, -0.25) is 5.10 Å². The number of hydrogen-bond acceptors (Lipinski definition) is 3. The van der Waals surface area contributed by atoms with Crippen LogP contribution in [0, 0.1) is 0 Å². The smallest absolute Gasteiger partial charge is 0.134 e. The molecule has 4 heteroatoms. The molecule has 4 nitrogen and oxygen atoms in total. The molecule has 0 radical (unpaired) electrons. The van der Waals surface area contributed by atoms with Gasteiger partial charge in [0, 0.05) is 29.5 Å². The molecule has 1 aromatic carbocycles. The Morgan fingerprint density at radius 1 is 1.28 bits per heavy atom. The van der Waals surface area contributed by atoms with Crippen LogP contribution in [0.3, 0.4) is 0 Å². The minimum absolute atomic E-state index is 0.620. The van der Waals surface area contributed by atoms with Crippen LogP contribution < -0.4 is 5.73 Å². The minimum Gasteiger partial charge on any atom is -0.461 e. The molecule has 0 saturated heterocycles. The highest BCUT2D eigenvalue weighted by atomic mass is 16.3. The summed E-state index contributed by atoms with van der Waals surface area (Å²) < 4.78 is 5.80. The summed E-state index contributed by atoms with van der Waals surface area (Å²) in [6.07, 6.45) is 3.41. The zero-order valence-corrected chi connectivity index (χ0v) is 10.0. The molecule has 0 amide bonds. The van der Waals surface area contributed by atoms with E-state index in [9.17, 15) is 0 Å². The van der Waals surface area contributed by atoms with Gasteiger partial charge in [-0.15, -0.1) is 0 Å². The number of fused-ring (bicyclic) bond motifs is 1. The third kappa shape index (κ3) is 2.02. The molecule has 2 aromatic heterocycles. The summed E-state index contributed by atoms with van der Waals surface area (Å²) in [7, 11) is 0. The van der Waals surface area contributed by atoms with E-state index in [1.807, 2.05) is 24.4 Å². The van der Waals surface area contributed by atoms with Gasteiger partial charge in [-0.2, -0.15) is 5.10 Å². The summed E-state index contributed by atoms with van der Waals surface area (Å²) in [6, 6.07) is 10.1. The van der Waals surface area contributed by atoms with Crippen LogP contribution in [0.15, 0.2) is 40.9 Å². The Bertz CT molecular complexity index is 621. The highest BCUT2D eigenvalue weighted by Gasteiger charge is 2.09. The van der Waals surface area contributed by atoms with Crippen molar-refractivity contribution >= 4 is 11.0 Å². The quantitative estimate of drug-likeness (QED) is 0.736. The predicted molar refractivity (Wildman–Crippen MR) is 70.4 cm³/mol. The first-order chi connectivity index (χ1) is 8.86. The fourth-order valence-corrected chi connectivity index (χ4v) is 2.16. The lowest BCUT2D eigenvalue weighted by Crippen LogP contribution is -2.05. The van der Waals surface area contributed by atoms with Gasteiger partial charge in [-0.25, -0.2) is 0 Å². The van der Waals surface area contributed by atoms with E-state index >= 15 is 0 Å². The van der Waals surface area contributed by atoms with Gasteiger partial charge in [0.25, 0.3) is 0 Å². The van der Waals surface area contributed by atoms with Crippen molar-refractivity contribution in [2.75, 3.05) is 6.54 Å². The Kier molecular flexibility index (Phi) is 2.86. The molecule has 0 unspecified atom stereocenters. The predicted octanol–water partition coefficient (Wildman–Crippen LogP) is 2.25. The highest BCUT2D eigenvalue weighted by molar-refractivity contribution is 5.77. The standard InChI is InChI=1S/C14H15N3O/c15-6-5-13-11(9-16-17-13)8-12-7-10-3-1-2-4-14(10)18-12/h1-4,7,9H,5-6,8,15H2,(H,16,17). The summed E-state index contributed by atoms with van der Waals surface area (Å²) in [5, 5.41) is 8.19. The van der Waals surface area contributed by atoms with Crippen molar-refractivity contribution in [3.05, 3.63) is 53.5 Å². The molecule has 0 bridgehead atoms. The average Bonchev–Trinajstić information content (AvgIpc) is 2.97. The molecular weight excluding hydrogens is 226 g/mol. The van der Waals surface area contributed by atoms with Crippen molar-refractivity contribution in [1.29, 1.82) is 0 Å². The number of nitrogens with one attached hydrogen (secondary N) is 1. The zero-order chi connectivity index (χ0) is 12.4. The van der Waals surface area contributed by atoms with Crippen molar-refractivity contribution in [3.8, 4) is 0 Å². The van der Waals surface area contributed by atoms with Crippen LogP contribution in [0.2, 0.25) is 0 Å². The fourth-order valence-electron chi connectivity index (χ4n) is 2.16. The molecule has 0 aliphatic heterocycles. The third-order valence-corrected chi connectivity index (χ3v) is 3.04. The lowest BCUT2D eigenvalue weighted by atomic mass is 10.1. The van der Waals surface area contributed by atoms with Gasteiger partial charge in [0.1, 0.15) is 11.3 Å². The first-order valence-corrected chi connectivity index (χ1v) is 6.05. The molecule has 3 N–H and O–H groups in total. The number of aromatic amines is 1. The van der Waals surface area contributed by atoms with Crippen molar-refractivity contribution in [3.63, 3.8) is 0 Å². The molecule has 0 fully saturated rings. The minimum atomic E-state index is 0.620. The highest BCUT2D eigenvalue weighted by Crippen LogP contribution is 2.21. The van der Waals surface area contributed by atoms with E-state index in [1.54, 1.807) is 0 Å². The van der Waals surface area contributed by atoms with Gasteiger partial charge in [-0.1, -0.05) is 18.2 Å². The van der Waals surface area contributed by atoms with E-state index < -0.39 is 0 Å². The first kappa shape index (κ1) is 11.0. The van der Waals surface area contributed by atoms with E-state index in [-0.39, 0.29) is 0 Å². The summed E-state index contributed by atoms with van der Waals surface area (Å²) in [6.45, 7) is 0.620. The summed E-state index contributed by atoms with van der Waals surface area (Å²) in [5.41, 5.74) is 8.75. The maximum Gasteiger partial charge on any atom is 0.134 e. The second-order valence-corrected chi connectivity index (χ2v) is 4.34. The Labute approximate surface area is 105 Å². The fraction of sp³-hybridized carbons (Fsp3) is 0.214. The number of benzene rings is 1. The maximum absolute atomic E-state index is 5.80. The molecule has 0 aliphatic carbocycles. The molecule has 3 aromatic rings. The van der Waals surface area contributed by atoms with E-state index in [0.717, 1.165) is 40.8 Å². The summed E-state index contributed by atoms with van der Waals surface area (Å²) in [4.78, 5) is 0. The second kappa shape index (κ2) is 4.66. The van der Waals surface area contributed by atoms with Gasteiger partial charge in [-0.05, 0) is 18.7 Å². The number of para-hydroxylation sites is 1. The molecule has 0 atom stereocenters. The van der Waals surface area contributed by atoms with Crippen molar-refractivity contribution in [2.45, 2.75) is 12.8 Å². The van der Waals surface area contributed by atoms with E-state index in [2.05, 4.69) is 22.3 Å². The molecule has 0 spiro atoms. The van der Waals surface area contributed by atoms with E-state index in [4.69, 9.17) is 10.2 Å². The monoisotopic (exact) mass is 241 g/mol. The molecule has 18 heavy (non-hydrogen) atoms. The van der Waals surface area contributed by atoms with Crippen LogP contribution in [0.1, 0.15) is 17.0 Å².